The summed E-state index contributed by atoms with van der Waals surface area (Å²) in [5, 5.41) is 0. The smallest absolute Gasteiger partial charge is 0.0227 e. The molecule has 0 fully saturated rings. The van der Waals surface area contributed by atoms with Crippen LogP contribution in [0.25, 0.3) is 0 Å². The first-order chi connectivity index (χ1) is 15.7. The Bertz CT molecular complexity index is 513. The van der Waals surface area contributed by atoms with Crippen LogP contribution in [-0.2, 0) is 13.0 Å². The Balaban J connectivity index is 0.0000102. The highest BCUT2D eigenvalue weighted by Gasteiger charge is 1.99. The van der Waals surface area contributed by atoms with E-state index in [4.69, 9.17) is 0 Å². The summed E-state index contributed by atoms with van der Waals surface area (Å²) in [5.74, 6) is 0. The number of halogens is 1. The van der Waals surface area contributed by atoms with E-state index in [1.54, 1.807) is 0 Å². The van der Waals surface area contributed by atoms with Crippen molar-refractivity contribution in [3.8, 4) is 0 Å². The van der Waals surface area contributed by atoms with E-state index in [0.29, 0.717) is 0 Å². The van der Waals surface area contributed by atoms with E-state index < -0.39 is 0 Å². The minimum absolute atomic E-state index is 0. The highest BCUT2D eigenvalue weighted by Crippen LogP contribution is 2.16. The van der Waals surface area contributed by atoms with Crippen LogP contribution in [0, 0.1) is 0 Å². The first kappa shape index (κ1) is 32.5. The monoisotopic (exact) mass is 479 g/mol. The number of unbranched alkanes of at least 4 members (excludes halogenated alkanes) is 19. The fourth-order valence-corrected chi connectivity index (χ4v) is 4.83. The molecule has 1 rings (SSSR count). The van der Waals surface area contributed by atoms with Gasteiger partial charge in [-0.3, -0.25) is 0 Å². The van der Waals surface area contributed by atoms with Gasteiger partial charge in [0.1, 0.15) is 0 Å². The summed E-state index contributed by atoms with van der Waals surface area (Å²) in [6, 6.07) is 9.18. The largest absolute Gasteiger partial charge is 0.305 e. The lowest BCUT2D eigenvalue weighted by Gasteiger charge is -2.11. The summed E-state index contributed by atoms with van der Waals surface area (Å²) >= 11 is 0. The molecule has 0 heterocycles. The topological polar surface area (TPSA) is 3.24 Å². The molecule has 33 heavy (non-hydrogen) atoms. The van der Waals surface area contributed by atoms with Gasteiger partial charge < -0.3 is 4.90 Å². The van der Waals surface area contributed by atoms with Crippen LogP contribution in [0.5, 0.6) is 0 Å². The molecule has 0 N–H and O–H groups in total. The van der Waals surface area contributed by atoms with Crippen LogP contribution < -0.4 is 0 Å². The zero-order valence-corrected chi connectivity index (χ0v) is 23.5. The van der Waals surface area contributed by atoms with Crippen molar-refractivity contribution in [3.63, 3.8) is 0 Å². The quantitative estimate of drug-likeness (QED) is 0.141. The summed E-state index contributed by atoms with van der Waals surface area (Å²) in [6.45, 7) is 3.35. The maximum atomic E-state index is 2.40. The van der Waals surface area contributed by atoms with Gasteiger partial charge in [-0.05, 0) is 38.1 Å². The fourth-order valence-electron chi connectivity index (χ4n) is 4.83. The first-order valence-corrected chi connectivity index (χ1v) is 14.4. The van der Waals surface area contributed by atoms with E-state index in [0.717, 1.165) is 6.54 Å². The van der Waals surface area contributed by atoms with Crippen molar-refractivity contribution < 1.29 is 0 Å². The Morgan fingerprint density at radius 3 is 1.27 bits per heavy atom. The van der Waals surface area contributed by atoms with Gasteiger partial charge in [0.05, 0.1) is 0 Å². The molecule has 2 heteroatoms. The third-order valence-corrected chi connectivity index (χ3v) is 6.81. The summed E-state index contributed by atoms with van der Waals surface area (Å²) in [5.41, 5.74) is 2.97. The van der Waals surface area contributed by atoms with Crippen molar-refractivity contribution in [1.82, 2.24) is 4.90 Å². The van der Waals surface area contributed by atoms with Crippen molar-refractivity contribution in [3.05, 3.63) is 35.4 Å². The van der Waals surface area contributed by atoms with Crippen molar-refractivity contribution in [2.45, 2.75) is 148 Å². The fraction of sp³-hybridized carbons (Fsp3) is 0.806. The van der Waals surface area contributed by atoms with Gasteiger partial charge in [-0.25, -0.2) is 0 Å². The second kappa shape index (κ2) is 24.6. The molecule has 0 aromatic heterocycles. The Kier molecular flexibility index (Phi) is 24.2. The molecule has 0 radical (unpaired) electrons. The van der Waals surface area contributed by atoms with Crippen LogP contribution in [0.2, 0.25) is 0 Å². The number of hydrogen-bond donors (Lipinski definition) is 0. The highest BCUT2D eigenvalue weighted by atomic mass is 35.5. The zero-order valence-electron chi connectivity index (χ0n) is 22.7. The SMILES string of the molecule is CCCCCCCCCCCCCCCCCCCCCCc1cccc(CN(C)C)c1.Cl. The number of rotatable bonds is 23. The van der Waals surface area contributed by atoms with E-state index >= 15 is 0 Å². The van der Waals surface area contributed by atoms with Crippen molar-refractivity contribution in [2.24, 2.45) is 0 Å². The Morgan fingerprint density at radius 2 is 0.879 bits per heavy atom. The summed E-state index contributed by atoms with van der Waals surface area (Å²) in [6.07, 6.45) is 30.3. The van der Waals surface area contributed by atoms with E-state index in [9.17, 15) is 0 Å². The number of aryl methyl sites for hydroxylation is 1. The highest BCUT2D eigenvalue weighted by molar-refractivity contribution is 5.85. The maximum Gasteiger partial charge on any atom is 0.0227 e. The van der Waals surface area contributed by atoms with Gasteiger partial charge in [0.25, 0.3) is 0 Å². The van der Waals surface area contributed by atoms with Gasteiger partial charge in [-0.2, -0.15) is 0 Å². The molecule has 0 unspecified atom stereocenters. The molecule has 0 atom stereocenters. The maximum absolute atomic E-state index is 2.40. The second-order valence-corrected chi connectivity index (χ2v) is 10.5. The molecule has 0 aliphatic carbocycles. The van der Waals surface area contributed by atoms with Gasteiger partial charge in [-0.1, -0.05) is 153 Å². The molecule has 0 aliphatic heterocycles. The molecular formula is C31H58ClN. The average molecular weight is 480 g/mol. The van der Waals surface area contributed by atoms with E-state index in [1.807, 2.05) is 0 Å². The van der Waals surface area contributed by atoms with E-state index in [-0.39, 0.29) is 12.4 Å². The summed E-state index contributed by atoms with van der Waals surface area (Å²) in [4.78, 5) is 2.25. The molecule has 0 bridgehead atoms. The molecular weight excluding hydrogens is 422 g/mol. The standard InChI is InChI=1S/C31H57N.ClH/c1-4-5-6-7-8-9-10-11-12-13-14-15-16-17-18-19-20-21-22-23-25-30-26-24-27-31(28-30)29-32(2)3;/h24,26-28H,4-23,25,29H2,1-3H3;1H. The van der Waals surface area contributed by atoms with Crippen LogP contribution in [-0.4, -0.2) is 19.0 Å². The average Bonchev–Trinajstić information content (AvgIpc) is 2.77. The third kappa shape index (κ3) is 21.7. The Hall–Kier alpha value is -0.530. The van der Waals surface area contributed by atoms with Gasteiger partial charge in [0, 0.05) is 6.54 Å². The predicted octanol–water partition coefficient (Wildman–Crippen LogP) is 10.5. The molecule has 194 valence electrons. The summed E-state index contributed by atoms with van der Waals surface area (Å²) < 4.78 is 0. The molecule has 0 aliphatic rings. The first-order valence-electron chi connectivity index (χ1n) is 14.4. The number of nitrogens with zero attached hydrogens (tertiary/aromatic N) is 1. The van der Waals surface area contributed by atoms with Crippen LogP contribution in [0.1, 0.15) is 146 Å². The second-order valence-electron chi connectivity index (χ2n) is 10.5. The summed E-state index contributed by atoms with van der Waals surface area (Å²) in [7, 11) is 4.29. The van der Waals surface area contributed by atoms with Crippen molar-refractivity contribution >= 4 is 12.4 Å². The minimum Gasteiger partial charge on any atom is -0.305 e. The van der Waals surface area contributed by atoms with Crippen LogP contribution in [0.3, 0.4) is 0 Å². The molecule has 0 spiro atoms. The molecule has 1 aromatic carbocycles. The van der Waals surface area contributed by atoms with Crippen molar-refractivity contribution in [1.29, 1.82) is 0 Å². The van der Waals surface area contributed by atoms with Crippen LogP contribution in [0.15, 0.2) is 24.3 Å². The van der Waals surface area contributed by atoms with Gasteiger partial charge >= 0.3 is 0 Å². The molecule has 0 amide bonds. The number of benzene rings is 1. The van der Waals surface area contributed by atoms with E-state index in [2.05, 4.69) is 50.2 Å². The van der Waals surface area contributed by atoms with Gasteiger partial charge in [0.2, 0.25) is 0 Å². The van der Waals surface area contributed by atoms with Gasteiger partial charge in [-0.15, -0.1) is 12.4 Å². The van der Waals surface area contributed by atoms with Crippen molar-refractivity contribution in [2.75, 3.05) is 14.1 Å². The number of hydrogen-bond acceptors (Lipinski definition) is 1. The zero-order chi connectivity index (χ0) is 23.1. The Labute approximate surface area is 214 Å². The lowest BCUT2D eigenvalue weighted by atomic mass is 10.0. The molecule has 0 saturated heterocycles. The van der Waals surface area contributed by atoms with E-state index in [1.165, 1.54) is 146 Å². The van der Waals surface area contributed by atoms with Crippen LogP contribution >= 0.6 is 12.4 Å². The lowest BCUT2D eigenvalue weighted by Crippen LogP contribution is -2.10. The molecule has 1 aromatic rings. The van der Waals surface area contributed by atoms with Crippen LogP contribution in [0.4, 0.5) is 0 Å². The third-order valence-electron chi connectivity index (χ3n) is 6.81. The minimum atomic E-state index is 0. The Morgan fingerprint density at radius 1 is 0.515 bits per heavy atom. The normalized spacial score (nSPS) is 11.2. The molecule has 1 nitrogen and oxygen atoms in total. The lowest BCUT2D eigenvalue weighted by molar-refractivity contribution is 0.402. The van der Waals surface area contributed by atoms with Gasteiger partial charge in [0.15, 0.2) is 0 Å². The predicted molar refractivity (Wildman–Crippen MR) is 153 cm³/mol. The molecule has 0 saturated carbocycles.